The molecule has 2 heterocycles. The Morgan fingerprint density at radius 1 is 0.806 bits per heavy atom. The minimum atomic E-state index is 0.381. The van der Waals surface area contributed by atoms with Crippen molar-refractivity contribution in [2.45, 2.75) is 124 Å². The van der Waals surface area contributed by atoms with Crippen LogP contribution in [0.5, 0.6) is 0 Å². The van der Waals surface area contributed by atoms with Gasteiger partial charge in [-0.05, 0) is 146 Å². The molecular weight excluding hydrogens is 376 g/mol. The van der Waals surface area contributed by atoms with E-state index >= 15 is 0 Å². The zero-order chi connectivity index (χ0) is 22.4. The Labute approximate surface area is 194 Å². The van der Waals surface area contributed by atoms with Gasteiger partial charge in [-0.2, -0.15) is 0 Å². The maximum Gasteiger partial charge on any atom is 0.0155 e. The molecule has 4 aliphatic rings. The summed E-state index contributed by atoms with van der Waals surface area (Å²) in [5.74, 6) is 3.85. The van der Waals surface area contributed by atoms with Crippen LogP contribution in [0.1, 0.15) is 113 Å². The number of nitrogens with zero attached hydrogens (tertiary/aromatic N) is 2. The van der Waals surface area contributed by atoms with Crippen LogP contribution < -0.4 is 0 Å². The van der Waals surface area contributed by atoms with Gasteiger partial charge in [0.05, 0.1) is 0 Å². The molecule has 3 atom stereocenters. The maximum absolute atomic E-state index is 2.87. The van der Waals surface area contributed by atoms with Gasteiger partial charge < -0.3 is 4.90 Å². The molecule has 4 fully saturated rings. The van der Waals surface area contributed by atoms with E-state index in [1.165, 1.54) is 84.0 Å². The highest BCUT2D eigenvalue weighted by atomic mass is 15.2. The average molecular weight is 431 g/mol. The fraction of sp³-hybridized carbons (Fsp3) is 1.00. The average Bonchev–Trinajstić information content (AvgIpc) is 3.56. The van der Waals surface area contributed by atoms with E-state index in [0.717, 1.165) is 40.5 Å². The topological polar surface area (TPSA) is 6.48 Å². The summed E-state index contributed by atoms with van der Waals surface area (Å²) in [6.07, 6.45) is 14.8. The first-order valence-corrected chi connectivity index (χ1v) is 14.0. The van der Waals surface area contributed by atoms with E-state index in [2.05, 4.69) is 58.3 Å². The number of hydrogen-bond donors (Lipinski definition) is 0. The smallest absolute Gasteiger partial charge is 0.0155 e. The molecule has 0 bridgehead atoms. The van der Waals surface area contributed by atoms with E-state index in [4.69, 9.17) is 0 Å². The van der Waals surface area contributed by atoms with Gasteiger partial charge in [0.1, 0.15) is 0 Å². The minimum absolute atomic E-state index is 0.381. The van der Waals surface area contributed by atoms with Crippen molar-refractivity contribution in [3.05, 3.63) is 0 Å². The first kappa shape index (κ1) is 24.1. The molecule has 0 aromatic rings. The van der Waals surface area contributed by atoms with Gasteiger partial charge >= 0.3 is 0 Å². The highest BCUT2D eigenvalue weighted by molar-refractivity contribution is 5.07. The third kappa shape index (κ3) is 5.37. The van der Waals surface area contributed by atoms with Crippen LogP contribution >= 0.6 is 0 Å². The van der Waals surface area contributed by atoms with Crippen molar-refractivity contribution in [2.75, 3.05) is 26.2 Å². The molecule has 0 amide bonds. The maximum atomic E-state index is 2.87. The molecule has 2 saturated carbocycles. The van der Waals surface area contributed by atoms with E-state index in [9.17, 15) is 0 Å². The summed E-state index contributed by atoms with van der Waals surface area (Å²) in [6, 6.07) is 0.735. The van der Waals surface area contributed by atoms with Crippen LogP contribution in [-0.4, -0.2) is 47.6 Å². The van der Waals surface area contributed by atoms with Gasteiger partial charge in [0.25, 0.3) is 0 Å². The lowest BCUT2D eigenvalue weighted by Crippen LogP contribution is -2.49. The predicted molar refractivity (Wildman–Crippen MR) is 134 cm³/mol. The highest BCUT2D eigenvalue weighted by Crippen LogP contribution is 2.63. The Hall–Kier alpha value is -0.0800. The second-order valence-corrected chi connectivity index (χ2v) is 14.0. The second kappa shape index (κ2) is 8.94. The van der Waals surface area contributed by atoms with Gasteiger partial charge in [-0.15, -0.1) is 0 Å². The van der Waals surface area contributed by atoms with Crippen LogP contribution in [0.15, 0.2) is 0 Å². The molecule has 2 aliphatic carbocycles. The molecule has 2 spiro atoms. The van der Waals surface area contributed by atoms with E-state index in [1.807, 2.05) is 0 Å². The first-order valence-electron chi connectivity index (χ1n) is 14.0. The molecular formula is C29H54N2. The lowest BCUT2D eigenvalue weighted by Gasteiger charge is -2.45. The van der Waals surface area contributed by atoms with Crippen molar-refractivity contribution in [3.63, 3.8) is 0 Å². The predicted octanol–water partition coefficient (Wildman–Crippen LogP) is 7.23. The van der Waals surface area contributed by atoms with Crippen LogP contribution in [0.3, 0.4) is 0 Å². The third-order valence-electron chi connectivity index (χ3n) is 10.5. The molecule has 2 nitrogen and oxygen atoms in total. The van der Waals surface area contributed by atoms with Crippen LogP contribution in [0.2, 0.25) is 0 Å². The normalized spacial score (nSPS) is 31.6. The summed E-state index contributed by atoms with van der Waals surface area (Å²) in [5.41, 5.74) is 1.89. The molecule has 31 heavy (non-hydrogen) atoms. The van der Waals surface area contributed by atoms with E-state index in [1.54, 1.807) is 6.42 Å². The Bertz CT molecular complexity index is 590. The van der Waals surface area contributed by atoms with Gasteiger partial charge in [0, 0.05) is 11.6 Å². The lowest BCUT2D eigenvalue weighted by atomic mass is 9.81. The van der Waals surface area contributed by atoms with Gasteiger partial charge in [-0.25, -0.2) is 0 Å². The van der Waals surface area contributed by atoms with Crippen molar-refractivity contribution < 1.29 is 0 Å². The molecule has 2 saturated heterocycles. The van der Waals surface area contributed by atoms with Crippen LogP contribution in [0, 0.1) is 34.5 Å². The number of likely N-dealkylation sites (tertiary alicyclic amines) is 2. The second-order valence-electron chi connectivity index (χ2n) is 14.0. The van der Waals surface area contributed by atoms with Gasteiger partial charge in [-0.3, -0.25) is 4.90 Å². The summed E-state index contributed by atoms with van der Waals surface area (Å²) in [7, 11) is 0. The highest BCUT2D eigenvalue weighted by Gasteiger charge is 2.56. The Kier molecular flexibility index (Phi) is 6.93. The summed E-state index contributed by atoms with van der Waals surface area (Å²) in [6.45, 7) is 22.6. The largest absolute Gasteiger partial charge is 0.301 e. The Morgan fingerprint density at radius 2 is 1.35 bits per heavy atom. The van der Waals surface area contributed by atoms with Crippen molar-refractivity contribution in [2.24, 2.45) is 34.5 Å². The van der Waals surface area contributed by atoms with Crippen molar-refractivity contribution in [1.82, 2.24) is 9.80 Å². The van der Waals surface area contributed by atoms with E-state index in [0.29, 0.717) is 5.54 Å². The van der Waals surface area contributed by atoms with E-state index in [-0.39, 0.29) is 0 Å². The third-order valence-corrected chi connectivity index (χ3v) is 10.5. The van der Waals surface area contributed by atoms with Crippen LogP contribution in [0.4, 0.5) is 0 Å². The van der Waals surface area contributed by atoms with Crippen molar-refractivity contribution in [3.8, 4) is 0 Å². The zero-order valence-electron chi connectivity index (χ0n) is 22.2. The quantitative estimate of drug-likeness (QED) is 0.380. The van der Waals surface area contributed by atoms with Gasteiger partial charge in [0.2, 0.25) is 0 Å². The Balaban J connectivity index is 1.19. The Morgan fingerprint density at radius 3 is 1.94 bits per heavy atom. The van der Waals surface area contributed by atoms with Crippen molar-refractivity contribution >= 4 is 0 Å². The molecule has 0 aromatic carbocycles. The van der Waals surface area contributed by atoms with Gasteiger partial charge in [-0.1, -0.05) is 27.2 Å². The molecule has 180 valence electrons. The minimum Gasteiger partial charge on any atom is -0.301 e. The van der Waals surface area contributed by atoms with Crippen LogP contribution in [-0.2, 0) is 0 Å². The summed E-state index contributed by atoms with van der Waals surface area (Å²) in [4.78, 5) is 5.57. The number of piperidine rings is 2. The first-order chi connectivity index (χ1) is 14.6. The lowest BCUT2D eigenvalue weighted by molar-refractivity contribution is 0.0456. The standard InChI is InChI=1S/C29H54N2/c1-22(2)8-9-25-20-28(25)12-16-31(17-13-28)27(6,7)19-24(5)18-26-21-29(26)10-14-30(15-11-29)23(3)4/h22-26H,8-21H2,1-7H3. The SMILES string of the molecule is CC(C)CCC1CC12CCN(C(C)(C)CC(C)CC1CC13CCN(C(C)C)CC3)CC2. The molecule has 2 aliphatic heterocycles. The molecule has 4 rings (SSSR count). The number of rotatable bonds is 9. The molecule has 0 N–H and O–H groups in total. The molecule has 0 aromatic heterocycles. The number of hydrogen-bond acceptors (Lipinski definition) is 2. The zero-order valence-corrected chi connectivity index (χ0v) is 22.2. The monoisotopic (exact) mass is 430 g/mol. The molecule has 0 radical (unpaired) electrons. The fourth-order valence-electron chi connectivity index (χ4n) is 7.96. The van der Waals surface area contributed by atoms with Crippen molar-refractivity contribution in [1.29, 1.82) is 0 Å². The van der Waals surface area contributed by atoms with Crippen LogP contribution in [0.25, 0.3) is 0 Å². The summed E-state index contributed by atoms with van der Waals surface area (Å²) < 4.78 is 0. The fourth-order valence-corrected chi connectivity index (χ4v) is 7.96. The van der Waals surface area contributed by atoms with E-state index < -0.39 is 0 Å². The summed E-state index contributed by atoms with van der Waals surface area (Å²) >= 11 is 0. The summed E-state index contributed by atoms with van der Waals surface area (Å²) in [5, 5.41) is 0. The van der Waals surface area contributed by atoms with Gasteiger partial charge in [0.15, 0.2) is 0 Å². The molecule has 2 heteroatoms. The molecule has 3 unspecified atom stereocenters.